The summed E-state index contributed by atoms with van der Waals surface area (Å²) in [5.41, 5.74) is 0.302. The van der Waals surface area contributed by atoms with Crippen molar-refractivity contribution in [3.63, 3.8) is 0 Å². The molecule has 0 aliphatic rings. The summed E-state index contributed by atoms with van der Waals surface area (Å²) < 4.78 is 0. The largest absolute Gasteiger partial charge is 0.354 e. The fraction of sp³-hybridized carbons (Fsp3) is 0.333. The Morgan fingerprint density at radius 3 is 2.73 bits per heavy atom. The SMILES string of the molecule is CSCCC(NC(=O)c1ccc(Cl)cc1Cl)C(=O)NCCc1cccs1. The van der Waals surface area contributed by atoms with E-state index in [0.717, 1.165) is 12.2 Å². The number of rotatable bonds is 9. The van der Waals surface area contributed by atoms with Gasteiger partial charge in [0.25, 0.3) is 5.91 Å². The number of thioether (sulfide) groups is 1. The van der Waals surface area contributed by atoms with Crippen LogP contribution in [0.3, 0.4) is 0 Å². The molecule has 26 heavy (non-hydrogen) atoms. The molecule has 0 radical (unpaired) electrons. The Kier molecular flexibility index (Phi) is 8.78. The van der Waals surface area contributed by atoms with Crippen LogP contribution in [-0.2, 0) is 11.2 Å². The average molecular weight is 431 g/mol. The van der Waals surface area contributed by atoms with Crippen LogP contribution in [0.4, 0.5) is 0 Å². The lowest BCUT2D eigenvalue weighted by Crippen LogP contribution is -2.47. The summed E-state index contributed by atoms with van der Waals surface area (Å²) in [5, 5.41) is 8.41. The van der Waals surface area contributed by atoms with Gasteiger partial charge in [0.15, 0.2) is 0 Å². The highest BCUT2D eigenvalue weighted by molar-refractivity contribution is 7.98. The number of carbonyl (C=O) groups excluding carboxylic acids is 2. The normalized spacial score (nSPS) is 11.8. The Morgan fingerprint density at radius 2 is 2.08 bits per heavy atom. The molecule has 0 saturated carbocycles. The molecule has 4 nitrogen and oxygen atoms in total. The number of benzene rings is 1. The van der Waals surface area contributed by atoms with Gasteiger partial charge in [-0.15, -0.1) is 11.3 Å². The van der Waals surface area contributed by atoms with Gasteiger partial charge >= 0.3 is 0 Å². The van der Waals surface area contributed by atoms with Gasteiger partial charge in [-0.25, -0.2) is 0 Å². The molecule has 1 atom stereocenters. The summed E-state index contributed by atoms with van der Waals surface area (Å²) in [5.74, 6) is 0.192. The van der Waals surface area contributed by atoms with Gasteiger partial charge < -0.3 is 10.6 Å². The number of halogens is 2. The molecule has 140 valence electrons. The van der Waals surface area contributed by atoms with Crippen LogP contribution in [0.15, 0.2) is 35.7 Å². The Balaban J connectivity index is 1.96. The van der Waals surface area contributed by atoms with Gasteiger partial charge in [-0.05, 0) is 54.5 Å². The first-order valence-corrected chi connectivity index (χ1v) is 11.1. The van der Waals surface area contributed by atoms with Crippen LogP contribution in [-0.4, -0.2) is 36.4 Å². The number of carbonyl (C=O) groups is 2. The summed E-state index contributed by atoms with van der Waals surface area (Å²) in [4.78, 5) is 26.2. The van der Waals surface area contributed by atoms with Crippen molar-refractivity contribution in [1.82, 2.24) is 10.6 Å². The molecular formula is C18H20Cl2N2O2S2. The maximum absolute atomic E-state index is 12.5. The fourth-order valence-electron chi connectivity index (χ4n) is 2.30. The molecule has 1 aromatic carbocycles. The molecule has 2 amide bonds. The predicted octanol–water partition coefficient (Wildman–Crippen LogP) is 4.27. The zero-order chi connectivity index (χ0) is 18.9. The van der Waals surface area contributed by atoms with Crippen molar-refractivity contribution in [3.05, 3.63) is 56.2 Å². The minimum atomic E-state index is -0.606. The number of nitrogens with one attached hydrogen (secondary N) is 2. The van der Waals surface area contributed by atoms with E-state index in [9.17, 15) is 9.59 Å². The molecule has 0 aliphatic carbocycles. The average Bonchev–Trinajstić information content (AvgIpc) is 3.11. The van der Waals surface area contributed by atoms with Crippen LogP contribution in [0.2, 0.25) is 10.0 Å². The number of hydrogen-bond acceptors (Lipinski definition) is 4. The maximum atomic E-state index is 12.5. The van der Waals surface area contributed by atoms with Crippen LogP contribution < -0.4 is 10.6 Å². The molecule has 0 fully saturated rings. The van der Waals surface area contributed by atoms with Crippen molar-refractivity contribution < 1.29 is 9.59 Å². The van der Waals surface area contributed by atoms with Crippen LogP contribution in [0.25, 0.3) is 0 Å². The minimum Gasteiger partial charge on any atom is -0.354 e. The lowest BCUT2D eigenvalue weighted by Gasteiger charge is -2.18. The third-order valence-electron chi connectivity index (χ3n) is 3.66. The van der Waals surface area contributed by atoms with Crippen LogP contribution in [0, 0.1) is 0 Å². The van der Waals surface area contributed by atoms with E-state index in [1.165, 1.54) is 10.9 Å². The first-order chi connectivity index (χ1) is 12.5. The lowest BCUT2D eigenvalue weighted by molar-refractivity contribution is -0.122. The number of thiophene rings is 1. The number of hydrogen-bond donors (Lipinski definition) is 2. The van der Waals surface area contributed by atoms with E-state index >= 15 is 0 Å². The molecule has 0 bridgehead atoms. The Hall–Kier alpha value is -1.21. The van der Waals surface area contributed by atoms with Crippen molar-refractivity contribution in [3.8, 4) is 0 Å². The van der Waals surface area contributed by atoms with Gasteiger partial charge in [-0.1, -0.05) is 29.3 Å². The summed E-state index contributed by atoms with van der Waals surface area (Å²) >= 11 is 15.2. The highest BCUT2D eigenvalue weighted by atomic mass is 35.5. The first-order valence-electron chi connectivity index (χ1n) is 8.06. The third kappa shape index (κ3) is 6.50. The second kappa shape index (κ2) is 10.8. The quantitative estimate of drug-likeness (QED) is 0.624. The number of amides is 2. The maximum Gasteiger partial charge on any atom is 0.253 e. The van der Waals surface area contributed by atoms with Crippen molar-refractivity contribution in [2.24, 2.45) is 0 Å². The molecular weight excluding hydrogens is 411 g/mol. The second-order valence-corrected chi connectivity index (χ2v) is 8.41. The Labute approximate surface area is 171 Å². The Morgan fingerprint density at radius 1 is 1.27 bits per heavy atom. The van der Waals surface area contributed by atoms with Crippen LogP contribution >= 0.6 is 46.3 Å². The zero-order valence-electron chi connectivity index (χ0n) is 14.3. The van der Waals surface area contributed by atoms with Crippen molar-refractivity contribution in [1.29, 1.82) is 0 Å². The summed E-state index contributed by atoms with van der Waals surface area (Å²) in [7, 11) is 0. The molecule has 8 heteroatoms. The summed E-state index contributed by atoms with van der Waals surface area (Å²) in [6, 6.07) is 8.08. The van der Waals surface area contributed by atoms with Gasteiger partial charge in [0.2, 0.25) is 5.91 Å². The molecule has 0 saturated heterocycles. The van der Waals surface area contributed by atoms with Crippen LogP contribution in [0.5, 0.6) is 0 Å². The van der Waals surface area contributed by atoms with Crippen molar-refractivity contribution >= 4 is 58.1 Å². The highest BCUT2D eigenvalue weighted by Gasteiger charge is 2.22. The van der Waals surface area contributed by atoms with E-state index in [0.29, 0.717) is 23.6 Å². The predicted molar refractivity (Wildman–Crippen MR) is 112 cm³/mol. The van der Waals surface area contributed by atoms with E-state index in [1.54, 1.807) is 35.2 Å². The van der Waals surface area contributed by atoms with Gasteiger partial charge in [-0.2, -0.15) is 11.8 Å². The molecule has 1 heterocycles. The standard InChI is InChI=1S/C18H20Cl2N2O2S2/c1-25-10-7-16(18(24)21-8-6-13-3-2-9-26-13)22-17(23)14-5-4-12(19)11-15(14)20/h2-5,9,11,16H,6-8,10H2,1H3,(H,21,24)(H,22,23). The first kappa shape index (κ1) is 21.1. The van der Waals surface area contributed by atoms with E-state index in [4.69, 9.17) is 23.2 Å². The molecule has 1 unspecified atom stereocenters. The van der Waals surface area contributed by atoms with Gasteiger partial charge in [0, 0.05) is 16.4 Å². The van der Waals surface area contributed by atoms with Crippen LogP contribution in [0.1, 0.15) is 21.7 Å². The third-order valence-corrected chi connectivity index (χ3v) is 5.79. The monoisotopic (exact) mass is 430 g/mol. The van der Waals surface area contributed by atoms with Crippen molar-refractivity contribution in [2.75, 3.05) is 18.6 Å². The molecule has 0 aliphatic heterocycles. The van der Waals surface area contributed by atoms with E-state index in [-0.39, 0.29) is 16.8 Å². The summed E-state index contributed by atoms with van der Waals surface area (Å²) in [6.07, 6.45) is 3.28. The molecule has 0 spiro atoms. The van der Waals surface area contributed by atoms with Crippen molar-refractivity contribution in [2.45, 2.75) is 18.9 Å². The minimum absolute atomic E-state index is 0.186. The molecule has 2 N–H and O–H groups in total. The van der Waals surface area contributed by atoms with Gasteiger partial charge in [-0.3, -0.25) is 9.59 Å². The van der Waals surface area contributed by atoms with Gasteiger partial charge in [0.1, 0.15) is 6.04 Å². The van der Waals surface area contributed by atoms with E-state index in [2.05, 4.69) is 10.6 Å². The highest BCUT2D eigenvalue weighted by Crippen LogP contribution is 2.21. The Bertz CT molecular complexity index is 739. The zero-order valence-corrected chi connectivity index (χ0v) is 17.4. The molecule has 2 rings (SSSR count). The van der Waals surface area contributed by atoms with E-state index in [1.807, 2.05) is 23.8 Å². The topological polar surface area (TPSA) is 58.2 Å². The summed E-state index contributed by atoms with van der Waals surface area (Å²) in [6.45, 7) is 0.534. The molecule has 1 aromatic heterocycles. The van der Waals surface area contributed by atoms with Gasteiger partial charge in [0.05, 0.1) is 10.6 Å². The fourth-order valence-corrected chi connectivity index (χ4v) is 3.98. The lowest BCUT2D eigenvalue weighted by atomic mass is 10.1. The smallest absolute Gasteiger partial charge is 0.253 e. The molecule has 2 aromatic rings. The second-order valence-electron chi connectivity index (χ2n) is 5.55. The van der Waals surface area contributed by atoms with E-state index < -0.39 is 6.04 Å².